The summed E-state index contributed by atoms with van der Waals surface area (Å²) in [6, 6.07) is 0. The summed E-state index contributed by atoms with van der Waals surface area (Å²) in [5, 5.41) is 7.41. The highest BCUT2D eigenvalue weighted by Gasteiger charge is 2.32. The second-order valence-corrected chi connectivity index (χ2v) is 9.24. The predicted octanol–water partition coefficient (Wildman–Crippen LogP) is 3.42. The van der Waals surface area contributed by atoms with Gasteiger partial charge in [-0.3, -0.25) is 9.89 Å². The number of rotatable bonds is 4. The minimum atomic E-state index is 0.0890. The minimum absolute atomic E-state index is 0.0890. The number of aromatic nitrogens is 2. The fraction of sp³-hybridized carbons (Fsp3) is 0.818. The summed E-state index contributed by atoms with van der Waals surface area (Å²) in [5.74, 6) is 1.43. The van der Waals surface area contributed by atoms with Crippen LogP contribution in [-0.2, 0) is 4.74 Å². The van der Waals surface area contributed by atoms with Gasteiger partial charge < -0.3 is 14.5 Å². The third-order valence-electron chi connectivity index (χ3n) is 6.84. The van der Waals surface area contributed by atoms with E-state index in [1.165, 1.54) is 38.6 Å². The van der Waals surface area contributed by atoms with Gasteiger partial charge in [0.05, 0.1) is 29.7 Å². The number of H-pyrrole nitrogens is 1. The average Bonchev–Trinajstić information content (AvgIpc) is 3.18. The Morgan fingerprint density at radius 1 is 1.11 bits per heavy atom. The Morgan fingerprint density at radius 3 is 2.46 bits per heavy atom. The van der Waals surface area contributed by atoms with E-state index >= 15 is 0 Å². The molecule has 1 aromatic rings. The minimum Gasteiger partial charge on any atom is -0.372 e. The van der Waals surface area contributed by atoms with Crippen LogP contribution in [0.1, 0.15) is 80.8 Å². The Kier molecular flexibility index (Phi) is 6.36. The van der Waals surface area contributed by atoms with Gasteiger partial charge in [0.2, 0.25) is 0 Å². The first-order valence-electron chi connectivity index (χ1n) is 11.3. The molecule has 3 fully saturated rings. The van der Waals surface area contributed by atoms with Crippen molar-refractivity contribution in [3.05, 3.63) is 17.5 Å². The first-order chi connectivity index (χ1) is 13.6. The van der Waals surface area contributed by atoms with Gasteiger partial charge >= 0.3 is 0 Å². The highest BCUT2D eigenvalue weighted by Crippen LogP contribution is 2.32. The quantitative estimate of drug-likeness (QED) is 0.859. The molecule has 4 rings (SSSR count). The van der Waals surface area contributed by atoms with Crippen LogP contribution in [0.5, 0.6) is 0 Å². The van der Waals surface area contributed by atoms with Gasteiger partial charge in [-0.2, -0.15) is 5.10 Å². The van der Waals surface area contributed by atoms with E-state index in [1.54, 1.807) is 6.20 Å². The number of ether oxygens (including phenoxy) is 1. The predicted molar refractivity (Wildman–Crippen MR) is 109 cm³/mol. The lowest BCUT2D eigenvalue weighted by molar-refractivity contribution is -0.0586. The molecule has 1 aliphatic carbocycles. The van der Waals surface area contributed by atoms with E-state index in [-0.39, 0.29) is 18.1 Å². The monoisotopic (exact) mass is 388 g/mol. The molecule has 1 aromatic heterocycles. The van der Waals surface area contributed by atoms with Crippen molar-refractivity contribution in [2.24, 2.45) is 5.92 Å². The lowest BCUT2D eigenvalue weighted by atomic mass is 9.87. The molecule has 1 saturated carbocycles. The molecule has 3 aliphatic rings. The molecular formula is C22H36N4O2. The summed E-state index contributed by atoms with van der Waals surface area (Å²) in [6.45, 7) is 8.94. The fourth-order valence-corrected chi connectivity index (χ4v) is 5.43. The highest BCUT2D eigenvalue weighted by atomic mass is 16.5. The van der Waals surface area contributed by atoms with Gasteiger partial charge in [0.15, 0.2) is 0 Å². The van der Waals surface area contributed by atoms with E-state index in [0.29, 0.717) is 19.0 Å². The van der Waals surface area contributed by atoms with E-state index in [0.717, 1.165) is 43.1 Å². The molecule has 2 atom stereocenters. The highest BCUT2D eigenvalue weighted by molar-refractivity contribution is 5.95. The Balaban J connectivity index is 1.35. The van der Waals surface area contributed by atoms with Crippen LogP contribution in [-0.4, -0.2) is 70.8 Å². The Hall–Kier alpha value is -1.40. The van der Waals surface area contributed by atoms with Gasteiger partial charge in [0.25, 0.3) is 5.91 Å². The molecule has 0 bridgehead atoms. The maximum absolute atomic E-state index is 13.1. The SMILES string of the molecule is C[C@H]1CN(C(=O)c2cn[nH]c2C2CCN(CC3CCCCC3)CC2)C[C@H](C)O1. The number of aromatic amines is 1. The normalized spacial score (nSPS) is 28.6. The number of piperidine rings is 1. The van der Waals surface area contributed by atoms with Crippen molar-refractivity contribution in [1.29, 1.82) is 0 Å². The third-order valence-corrected chi connectivity index (χ3v) is 6.84. The smallest absolute Gasteiger partial charge is 0.257 e. The summed E-state index contributed by atoms with van der Waals surface area (Å²) in [6.07, 6.45) is 11.2. The van der Waals surface area contributed by atoms with Crippen molar-refractivity contribution in [3.8, 4) is 0 Å². The number of carbonyl (C=O) groups is 1. The summed E-state index contributed by atoms with van der Waals surface area (Å²) in [5.41, 5.74) is 1.82. The van der Waals surface area contributed by atoms with Gasteiger partial charge in [-0.25, -0.2) is 0 Å². The van der Waals surface area contributed by atoms with Gasteiger partial charge in [0.1, 0.15) is 0 Å². The van der Waals surface area contributed by atoms with Crippen LogP contribution >= 0.6 is 0 Å². The van der Waals surface area contributed by atoms with Crippen LogP contribution in [0, 0.1) is 5.92 Å². The number of nitrogens with one attached hydrogen (secondary N) is 1. The average molecular weight is 389 g/mol. The van der Waals surface area contributed by atoms with Crippen LogP contribution in [0.25, 0.3) is 0 Å². The van der Waals surface area contributed by atoms with Crippen molar-refractivity contribution in [2.75, 3.05) is 32.7 Å². The van der Waals surface area contributed by atoms with Crippen LogP contribution in [0.15, 0.2) is 6.20 Å². The van der Waals surface area contributed by atoms with Crippen molar-refractivity contribution in [3.63, 3.8) is 0 Å². The van der Waals surface area contributed by atoms with Gasteiger partial charge in [-0.1, -0.05) is 19.3 Å². The first kappa shape index (κ1) is 19.9. The van der Waals surface area contributed by atoms with Gasteiger partial charge in [-0.05, 0) is 58.5 Å². The molecule has 0 spiro atoms. The Bertz CT molecular complexity index is 637. The molecule has 28 heavy (non-hydrogen) atoms. The summed E-state index contributed by atoms with van der Waals surface area (Å²) < 4.78 is 5.78. The molecule has 0 aromatic carbocycles. The number of carbonyl (C=O) groups excluding carboxylic acids is 1. The first-order valence-corrected chi connectivity index (χ1v) is 11.3. The standard InChI is InChI=1S/C22H36N4O2/c1-16-13-26(14-17(2)28-16)22(27)20-12-23-24-21(20)19-8-10-25(11-9-19)15-18-6-4-3-5-7-18/h12,16-19H,3-11,13-15H2,1-2H3,(H,23,24)/t16-,17-/m0/s1. The Labute approximate surface area is 169 Å². The molecule has 0 radical (unpaired) electrons. The van der Waals surface area contributed by atoms with E-state index in [4.69, 9.17) is 4.74 Å². The van der Waals surface area contributed by atoms with Crippen molar-refractivity contribution < 1.29 is 9.53 Å². The van der Waals surface area contributed by atoms with Crippen molar-refractivity contribution in [1.82, 2.24) is 20.0 Å². The van der Waals surface area contributed by atoms with Crippen molar-refractivity contribution in [2.45, 2.75) is 76.9 Å². The summed E-state index contributed by atoms with van der Waals surface area (Å²) >= 11 is 0. The van der Waals surface area contributed by atoms with Crippen molar-refractivity contribution >= 4 is 5.91 Å². The Morgan fingerprint density at radius 2 is 1.79 bits per heavy atom. The van der Waals surface area contributed by atoms with Gasteiger partial charge in [0, 0.05) is 25.6 Å². The molecule has 1 N–H and O–H groups in total. The van der Waals surface area contributed by atoms with Crippen LogP contribution in [0.3, 0.4) is 0 Å². The lowest BCUT2D eigenvalue weighted by Crippen LogP contribution is -2.48. The molecule has 0 unspecified atom stereocenters. The van der Waals surface area contributed by atoms with E-state index in [2.05, 4.69) is 15.1 Å². The fourth-order valence-electron chi connectivity index (χ4n) is 5.43. The van der Waals surface area contributed by atoms with Crippen LogP contribution < -0.4 is 0 Å². The zero-order valence-corrected chi connectivity index (χ0v) is 17.5. The topological polar surface area (TPSA) is 61.5 Å². The molecule has 1 amide bonds. The van der Waals surface area contributed by atoms with E-state index < -0.39 is 0 Å². The maximum Gasteiger partial charge on any atom is 0.257 e. The number of hydrogen-bond donors (Lipinski definition) is 1. The number of likely N-dealkylation sites (tertiary alicyclic amines) is 1. The van der Waals surface area contributed by atoms with Crippen LogP contribution in [0.4, 0.5) is 0 Å². The third kappa shape index (κ3) is 4.60. The molecule has 156 valence electrons. The molecule has 3 heterocycles. The van der Waals surface area contributed by atoms with E-state index in [1.807, 2.05) is 18.7 Å². The number of nitrogens with zero attached hydrogens (tertiary/aromatic N) is 3. The number of morpholine rings is 1. The second-order valence-electron chi connectivity index (χ2n) is 9.24. The summed E-state index contributed by atoms with van der Waals surface area (Å²) in [7, 11) is 0. The molecule has 6 heteroatoms. The van der Waals surface area contributed by atoms with Gasteiger partial charge in [-0.15, -0.1) is 0 Å². The molecule has 6 nitrogen and oxygen atoms in total. The van der Waals surface area contributed by atoms with E-state index in [9.17, 15) is 4.79 Å². The molecular weight excluding hydrogens is 352 g/mol. The number of hydrogen-bond acceptors (Lipinski definition) is 4. The molecule has 2 aliphatic heterocycles. The molecule has 2 saturated heterocycles. The summed E-state index contributed by atoms with van der Waals surface area (Å²) in [4.78, 5) is 17.7. The zero-order chi connectivity index (χ0) is 19.5. The maximum atomic E-state index is 13.1. The second kappa shape index (κ2) is 8.95. The largest absolute Gasteiger partial charge is 0.372 e. The van der Waals surface area contributed by atoms with Crippen LogP contribution in [0.2, 0.25) is 0 Å². The lowest BCUT2D eigenvalue weighted by Gasteiger charge is -2.36. The zero-order valence-electron chi connectivity index (χ0n) is 17.5. The number of amides is 1.